The molecular weight excluding hydrogens is 440 g/mol. The van der Waals surface area contributed by atoms with E-state index in [-0.39, 0.29) is 23.5 Å². The summed E-state index contributed by atoms with van der Waals surface area (Å²) in [6.45, 7) is 2.04. The van der Waals surface area contributed by atoms with Gasteiger partial charge in [-0.25, -0.2) is 8.42 Å². The highest BCUT2D eigenvalue weighted by molar-refractivity contribution is 7.90. The Balaban J connectivity index is 1.73. The van der Waals surface area contributed by atoms with Crippen molar-refractivity contribution in [3.05, 3.63) is 95.1 Å². The zero-order valence-corrected chi connectivity index (χ0v) is 19.5. The van der Waals surface area contributed by atoms with Crippen LogP contribution >= 0.6 is 0 Å². The van der Waals surface area contributed by atoms with Crippen molar-refractivity contribution in [3.8, 4) is 5.75 Å². The molecule has 0 bridgehead atoms. The molecule has 3 rings (SSSR count). The number of primary amides is 1. The highest BCUT2D eigenvalue weighted by Crippen LogP contribution is 2.23. The molecule has 2 amide bonds. The maximum absolute atomic E-state index is 13.1. The molecule has 0 aliphatic rings. The number of ether oxygens (including phenoxy) is 1. The van der Waals surface area contributed by atoms with E-state index in [0.717, 1.165) is 17.4 Å². The number of carbonyl (C=O) groups excluding carboxylic acids is 2. The van der Waals surface area contributed by atoms with E-state index in [0.29, 0.717) is 16.9 Å². The molecule has 1 unspecified atom stereocenters. The summed E-state index contributed by atoms with van der Waals surface area (Å²) >= 11 is 0. The first-order valence-corrected chi connectivity index (χ1v) is 12.1. The molecule has 3 aromatic carbocycles. The van der Waals surface area contributed by atoms with Crippen LogP contribution in [-0.4, -0.2) is 38.4 Å². The monoisotopic (exact) mass is 466 g/mol. The van der Waals surface area contributed by atoms with Gasteiger partial charge in [0.2, 0.25) is 0 Å². The average molecular weight is 467 g/mol. The first kappa shape index (κ1) is 24.0. The Labute approximate surface area is 193 Å². The largest absolute Gasteiger partial charge is 0.488 e. The number of para-hydroxylation sites is 1. The molecule has 7 nitrogen and oxygen atoms in total. The van der Waals surface area contributed by atoms with Gasteiger partial charge in [0.1, 0.15) is 12.4 Å². The summed E-state index contributed by atoms with van der Waals surface area (Å²) in [7, 11) is -1.58. The first-order valence-electron chi connectivity index (χ1n) is 10.3. The van der Waals surface area contributed by atoms with Crippen LogP contribution in [0.5, 0.6) is 5.75 Å². The molecule has 3 aromatic rings. The summed E-state index contributed by atoms with van der Waals surface area (Å²) in [6.07, 6.45) is 1.16. The fraction of sp³-hybridized carbons (Fsp3) is 0.200. The average Bonchev–Trinajstić information content (AvgIpc) is 2.81. The number of amides is 2. The summed E-state index contributed by atoms with van der Waals surface area (Å²) in [5, 5.41) is 0. The fourth-order valence-corrected chi connectivity index (χ4v) is 3.98. The summed E-state index contributed by atoms with van der Waals surface area (Å²) in [5.74, 6) is -0.381. The molecule has 0 spiro atoms. The SMILES string of the molecule is CC(c1ccc(S(C)(=O)=O)cc1)N(C)C(=O)c1cccc(COc2ccccc2C(N)=O)c1. The van der Waals surface area contributed by atoms with Gasteiger partial charge in [-0.1, -0.05) is 36.4 Å². The molecule has 0 heterocycles. The van der Waals surface area contributed by atoms with E-state index in [1.807, 2.05) is 13.0 Å². The molecule has 0 saturated heterocycles. The number of rotatable bonds is 8. The Hall–Kier alpha value is -3.65. The van der Waals surface area contributed by atoms with Crippen LogP contribution in [0, 0.1) is 0 Å². The fourth-order valence-electron chi connectivity index (χ4n) is 3.35. The highest BCUT2D eigenvalue weighted by Gasteiger charge is 2.20. The first-order chi connectivity index (χ1) is 15.6. The Morgan fingerprint density at radius 2 is 1.67 bits per heavy atom. The molecule has 172 valence electrons. The maximum atomic E-state index is 13.1. The summed E-state index contributed by atoms with van der Waals surface area (Å²) < 4.78 is 29.1. The van der Waals surface area contributed by atoms with E-state index in [9.17, 15) is 18.0 Å². The Morgan fingerprint density at radius 3 is 2.30 bits per heavy atom. The van der Waals surface area contributed by atoms with Gasteiger partial charge in [0.15, 0.2) is 9.84 Å². The van der Waals surface area contributed by atoms with Crippen molar-refractivity contribution in [2.24, 2.45) is 5.73 Å². The van der Waals surface area contributed by atoms with Gasteiger partial charge in [-0.15, -0.1) is 0 Å². The normalized spacial score (nSPS) is 12.1. The number of nitrogens with zero attached hydrogens (tertiary/aromatic N) is 1. The second-order valence-electron chi connectivity index (χ2n) is 7.78. The van der Waals surface area contributed by atoms with Crippen LogP contribution in [0.2, 0.25) is 0 Å². The van der Waals surface area contributed by atoms with Gasteiger partial charge >= 0.3 is 0 Å². The van der Waals surface area contributed by atoms with E-state index in [2.05, 4.69) is 0 Å². The van der Waals surface area contributed by atoms with Gasteiger partial charge in [-0.05, 0) is 54.4 Å². The Kier molecular flexibility index (Phi) is 7.18. The van der Waals surface area contributed by atoms with Crippen molar-refractivity contribution >= 4 is 21.7 Å². The third kappa shape index (κ3) is 5.78. The van der Waals surface area contributed by atoms with Crippen LogP contribution in [0.15, 0.2) is 77.7 Å². The van der Waals surface area contributed by atoms with Crippen molar-refractivity contribution in [2.75, 3.05) is 13.3 Å². The predicted octanol–water partition coefficient (Wildman–Crippen LogP) is 3.60. The minimum Gasteiger partial charge on any atom is -0.488 e. The van der Waals surface area contributed by atoms with E-state index < -0.39 is 15.7 Å². The molecule has 0 radical (unpaired) electrons. The van der Waals surface area contributed by atoms with Crippen LogP contribution < -0.4 is 10.5 Å². The molecule has 33 heavy (non-hydrogen) atoms. The number of hydrogen-bond acceptors (Lipinski definition) is 5. The molecule has 0 aliphatic carbocycles. The van der Waals surface area contributed by atoms with Gasteiger partial charge in [-0.2, -0.15) is 0 Å². The number of nitrogens with two attached hydrogens (primary N) is 1. The predicted molar refractivity (Wildman–Crippen MR) is 126 cm³/mol. The van der Waals surface area contributed by atoms with Gasteiger partial charge in [-0.3, -0.25) is 9.59 Å². The van der Waals surface area contributed by atoms with E-state index in [1.54, 1.807) is 78.7 Å². The Bertz CT molecular complexity index is 1270. The van der Waals surface area contributed by atoms with Crippen LogP contribution in [-0.2, 0) is 16.4 Å². The summed E-state index contributed by atoms with van der Waals surface area (Å²) in [5.41, 5.74) is 7.75. The van der Waals surface area contributed by atoms with Crippen LogP contribution in [0.25, 0.3) is 0 Å². The van der Waals surface area contributed by atoms with Crippen LogP contribution in [0.1, 0.15) is 44.8 Å². The lowest BCUT2D eigenvalue weighted by Gasteiger charge is -2.26. The maximum Gasteiger partial charge on any atom is 0.254 e. The standard InChI is InChI=1S/C25H26N2O5S/c1-17(19-11-13-21(14-12-19)33(3,30)31)27(2)25(29)20-8-6-7-18(15-20)16-32-23-10-5-4-9-22(23)24(26)28/h4-15,17H,16H2,1-3H3,(H2,26,28). The zero-order valence-electron chi connectivity index (χ0n) is 18.7. The van der Waals surface area contributed by atoms with Crippen molar-refractivity contribution in [3.63, 3.8) is 0 Å². The van der Waals surface area contributed by atoms with E-state index >= 15 is 0 Å². The molecule has 0 fully saturated rings. The minimum absolute atomic E-state index is 0.164. The minimum atomic E-state index is -3.28. The molecule has 0 aliphatic heterocycles. The molecule has 1 atom stereocenters. The van der Waals surface area contributed by atoms with Crippen LogP contribution in [0.4, 0.5) is 0 Å². The van der Waals surface area contributed by atoms with Crippen LogP contribution in [0.3, 0.4) is 0 Å². The molecule has 8 heteroatoms. The smallest absolute Gasteiger partial charge is 0.254 e. The molecule has 0 saturated carbocycles. The molecule has 2 N–H and O–H groups in total. The van der Waals surface area contributed by atoms with Gasteiger partial charge in [0.25, 0.3) is 11.8 Å². The third-order valence-electron chi connectivity index (χ3n) is 5.41. The number of hydrogen-bond donors (Lipinski definition) is 1. The lowest BCUT2D eigenvalue weighted by Crippen LogP contribution is -2.29. The van der Waals surface area contributed by atoms with Crippen molar-refractivity contribution in [2.45, 2.75) is 24.5 Å². The summed E-state index contributed by atoms with van der Waals surface area (Å²) in [4.78, 5) is 26.5. The second kappa shape index (κ2) is 9.87. The lowest BCUT2D eigenvalue weighted by atomic mass is 10.1. The zero-order chi connectivity index (χ0) is 24.2. The summed E-state index contributed by atoms with van der Waals surface area (Å²) in [6, 6.07) is 20.0. The van der Waals surface area contributed by atoms with Crippen molar-refractivity contribution in [1.82, 2.24) is 4.90 Å². The topological polar surface area (TPSA) is 107 Å². The number of carbonyl (C=O) groups is 2. The quantitative estimate of drug-likeness (QED) is 0.546. The van der Waals surface area contributed by atoms with Gasteiger partial charge in [0.05, 0.1) is 16.5 Å². The highest BCUT2D eigenvalue weighted by atomic mass is 32.2. The van der Waals surface area contributed by atoms with Gasteiger partial charge < -0.3 is 15.4 Å². The second-order valence-corrected chi connectivity index (χ2v) is 9.80. The third-order valence-corrected chi connectivity index (χ3v) is 6.54. The Morgan fingerprint density at radius 1 is 1.00 bits per heavy atom. The van der Waals surface area contributed by atoms with E-state index in [4.69, 9.17) is 10.5 Å². The number of sulfone groups is 1. The van der Waals surface area contributed by atoms with Gasteiger partial charge in [0, 0.05) is 18.9 Å². The van der Waals surface area contributed by atoms with Crippen molar-refractivity contribution in [1.29, 1.82) is 0 Å². The number of benzene rings is 3. The molecule has 0 aromatic heterocycles. The lowest BCUT2D eigenvalue weighted by molar-refractivity contribution is 0.0742. The van der Waals surface area contributed by atoms with E-state index in [1.165, 1.54) is 0 Å². The molecular formula is C25H26N2O5S. The van der Waals surface area contributed by atoms with Crippen molar-refractivity contribution < 1.29 is 22.7 Å².